The van der Waals surface area contributed by atoms with Gasteiger partial charge >= 0.3 is 0 Å². The first kappa shape index (κ1) is 13.2. The number of hydrogen-bond acceptors (Lipinski definition) is 2. The lowest BCUT2D eigenvalue weighted by Crippen LogP contribution is -2.22. The molecule has 2 aromatic rings. The van der Waals surface area contributed by atoms with E-state index in [2.05, 4.69) is 53.4 Å². The van der Waals surface area contributed by atoms with Gasteiger partial charge in [0.05, 0.1) is 7.11 Å². The summed E-state index contributed by atoms with van der Waals surface area (Å²) in [7, 11) is 1.73. The van der Waals surface area contributed by atoms with Gasteiger partial charge in [0.2, 0.25) is 0 Å². The maximum atomic E-state index is 5.35. The Bertz CT molecular complexity index is 552. The topological polar surface area (TPSA) is 12.5 Å². The molecule has 3 rings (SSSR count). The van der Waals surface area contributed by atoms with Gasteiger partial charge in [0.1, 0.15) is 5.75 Å². The molecule has 0 bridgehead atoms. The van der Waals surface area contributed by atoms with Gasteiger partial charge in [-0.05, 0) is 42.6 Å². The van der Waals surface area contributed by atoms with Crippen LogP contribution in [0.4, 0.5) is 0 Å². The summed E-state index contributed by atoms with van der Waals surface area (Å²) < 4.78 is 5.35. The average Bonchev–Trinajstić information content (AvgIpc) is 2.96. The molecule has 1 saturated heterocycles. The van der Waals surface area contributed by atoms with Crippen LogP contribution in [0.15, 0.2) is 54.6 Å². The van der Waals surface area contributed by atoms with E-state index in [0.717, 1.165) is 12.3 Å². The summed E-state index contributed by atoms with van der Waals surface area (Å²) in [6.07, 6.45) is 2.51. The average molecular weight is 267 g/mol. The predicted octanol–water partition coefficient (Wildman–Crippen LogP) is 4.03. The first-order valence-corrected chi connectivity index (χ1v) is 7.29. The van der Waals surface area contributed by atoms with Crippen LogP contribution in [-0.4, -0.2) is 18.6 Å². The molecule has 1 atom stereocenters. The number of benzene rings is 2. The predicted molar refractivity (Wildman–Crippen MR) is 81.8 cm³/mol. The molecule has 2 aromatic carbocycles. The van der Waals surface area contributed by atoms with Crippen molar-refractivity contribution in [2.75, 3.05) is 13.7 Å². The van der Waals surface area contributed by atoms with Gasteiger partial charge in [0, 0.05) is 12.6 Å². The number of likely N-dealkylation sites (tertiary alicyclic amines) is 1. The largest absolute Gasteiger partial charge is 0.497 e. The molecular formula is C18H21NO. The third kappa shape index (κ3) is 2.86. The lowest BCUT2D eigenvalue weighted by atomic mass is 10.0. The summed E-state index contributed by atoms with van der Waals surface area (Å²) in [5, 5.41) is 0. The summed E-state index contributed by atoms with van der Waals surface area (Å²) >= 11 is 0. The Balaban J connectivity index is 1.78. The van der Waals surface area contributed by atoms with E-state index in [1.807, 2.05) is 6.07 Å². The van der Waals surface area contributed by atoms with Crippen LogP contribution < -0.4 is 4.74 Å². The molecule has 0 radical (unpaired) electrons. The van der Waals surface area contributed by atoms with Crippen molar-refractivity contribution in [1.29, 1.82) is 0 Å². The van der Waals surface area contributed by atoms with Crippen molar-refractivity contribution in [3.63, 3.8) is 0 Å². The lowest BCUT2D eigenvalue weighted by molar-refractivity contribution is 0.248. The summed E-state index contributed by atoms with van der Waals surface area (Å²) in [5.41, 5.74) is 2.76. The number of methoxy groups -OCH3 is 1. The molecule has 20 heavy (non-hydrogen) atoms. The van der Waals surface area contributed by atoms with Crippen molar-refractivity contribution in [2.45, 2.75) is 25.4 Å². The van der Waals surface area contributed by atoms with Gasteiger partial charge in [-0.25, -0.2) is 0 Å². The first-order chi connectivity index (χ1) is 9.86. The lowest BCUT2D eigenvalue weighted by Gasteiger charge is -2.25. The van der Waals surface area contributed by atoms with Crippen molar-refractivity contribution in [3.05, 3.63) is 65.7 Å². The van der Waals surface area contributed by atoms with E-state index in [0.29, 0.717) is 6.04 Å². The molecule has 0 saturated carbocycles. The van der Waals surface area contributed by atoms with E-state index in [-0.39, 0.29) is 0 Å². The Morgan fingerprint density at radius 2 is 1.95 bits per heavy atom. The van der Waals surface area contributed by atoms with Gasteiger partial charge in [0.25, 0.3) is 0 Å². The number of rotatable bonds is 4. The van der Waals surface area contributed by atoms with Gasteiger partial charge in [-0.3, -0.25) is 4.90 Å². The third-order valence-corrected chi connectivity index (χ3v) is 4.07. The van der Waals surface area contributed by atoms with Crippen molar-refractivity contribution in [3.8, 4) is 5.75 Å². The van der Waals surface area contributed by atoms with Crippen LogP contribution in [0.3, 0.4) is 0 Å². The highest BCUT2D eigenvalue weighted by Crippen LogP contribution is 2.34. The minimum atomic E-state index is 0.519. The van der Waals surface area contributed by atoms with E-state index < -0.39 is 0 Å². The van der Waals surface area contributed by atoms with Crippen molar-refractivity contribution in [2.24, 2.45) is 0 Å². The van der Waals surface area contributed by atoms with Crippen LogP contribution in [0.1, 0.15) is 30.0 Å². The second-order valence-electron chi connectivity index (χ2n) is 5.39. The molecule has 0 amide bonds. The number of nitrogens with zero attached hydrogens (tertiary/aromatic N) is 1. The van der Waals surface area contributed by atoms with E-state index in [4.69, 9.17) is 4.74 Å². The van der Waals surface area contributed by atoms with Gasteiger partial charge in [-0.2, -0.15) is 0 Å². The molecule has 1 fully saturated rings. The highest BCUT2D eigenvalue weighted by atomic mass is 16.5. The molecule has 0 N–H and O–H groups in total. The Morgan fingerprint density at radius 3 is 2.75 bits per heavy atom. The van der Waals surface area contributed by atoms with Gasteiger partial charge in [-0.15, -0.1) is 0 Å². The molecule has 1 heterocycles. The zero-order valence-corrected chi connectivity index (χ0v) is 12.0. The van der Waals surface area contributed by atoms with Gasteiger partial charge in [-0.1, -0.05) is 42.5 Å². The zero-order valence-electron chi connectivity index (χ0n) is 12.0. The Kier molecular flexibility index (Phi) is 4.03. The first-order valence-electron chi connectivity index (χ1n) is 7.29. The summed E-state index contributed by atoms with van der Waals surface area (Å²) in [5.74, 6) is 0.953. The van der Waals surface area contributed by atoms with Crippen LogP contribution in [-0.2, 0) is 6.54 Å². The molecule has 104 valence electrons. The zero-order chi connectivity index (χ0) is 13.8. The van der Waals surface area contributed by atoms with Crippen LogP contribution >= 0.6 is 0 Å². The van der Waals surface area contributed by atoms with Gasteiger partial charge in [0.15, 0.2) is 0 Å². The second-order valence-corrected chi connectivity index (χ2v) is 5.39. The van der Waals surface area contributed by atoms with Crippen LogP contribution in [0.2, 0.25) is 0 Å². The normalized spacial score (nSPS) is 19.1. The van der Waals surface area contributed by atoms with E-state index in [1.54, 1.807) is 7.11 Å². The molecule has 0 aromatic heterocycles. The molecule has 1 unspecified atom stereocenters. The molecule has 2 nitrogen and oxygen atoms in total. The van der Waals surface area contributed by atoms with Crippen molar-refractivity contribution in [1.82, 2.24) is 4.90 Å². The Labute approximate surface area is 121 Å². The second kappa shape index (κ2) is 6.10. The fraction of sp³-hybridized carbons (Fsp3) is 0.333. The highest BCUT2D eigenvalue weighted by molar-refractivity contribution is 5.31. The van der Waals surface area contributed by atoms with E-state index in [1.165, 1.54) is 30.5 Å². The highest BCUT2D eigenvalue weighted by Gasteiger charge is 2.26. The van der Waals surface area contributed by atoms with Crippen molar-refractivity contribution >= 4 is 0 Å². The Morgan fingerprint density at radius 1 is 1.10 bits per heavy atom. The maximum Gasteiger partial charge on any atom is 0.119 e. The molecule has 1 aliphatic rings. The molecule has 2 heteroatoms. The van der Waals surface area contributed by atoms with Crippen LogP contribution in [0.5, 0.6) is 5.75 Å². The SMILES string of the molecule is COc1cccc(C2CCCN2Cc2ccccc2)c1. The minimum absolute atomic E-state index is 0.519. The maximum absolute atomic E-state index is 5.35. The molecule has 0 aliphatic carbocycles. The smallest absolute Gasteiger partial charge is 0.119 e. The van der Waals surface area contributed by atoms with Crippen molar-refractivity contribution < 1.29 is 4.74 Å². The molecule has 1 aliphatic heterocycles. The number of ether oxygens (including phenoxy) is 1. The minimum Gasteiger partial charge on any atom is -0.497 e. The summed E-state index contributed by atoms with van der Waals surface area (Å²) in [6.45, 7) is 2.21. The molecular weight excluding hydrogens is 246 g/mol. The summed E-state index contributed by atoms with van der Waals surface area (Å²) in [6, 6.07) is 19.7. The fourth-order valence-electron chi connectivity index (χ4n) is 3.06. The molecule has 0 spiro atoms. The number of hydrogen-bond donors (Lipinski definition) is 0. The Hall–Kier alpha value is -1.80. The fourth-order valence-corrected chi connectivity index (χ4v) is 3.06. The summed E-state index contributed by atoms with van der Waals surface area (Å²) in [4.78, 5) is 2.57. The quantitative estimate of drug-likeness (QED) is 0.829. The van der Waals surface area contributed by atoms with E-state index >= 15 is 0 Å². The monoisotopic (exact) mass is 267 g/mol. The third-order valence-electron chi connectivity index (χ3n) is 4.07. The van der Waals surface area contributed by atoms with Gasteiger partial charge < -0.3 is 4.74 Å². The van der Waals surface area contributed by atoms with E-state index in [9.17, 15) is 0 Å². The van der Waals surface area contributed by atoms with Crippen LogP contribution in [0, 0.1) is 0 Å². The van der Waals surface area contributed by atoms with Crippen LogP contribution in [0.25, 0.3) is 0 Å². The standard InChI is InChI=1S/C18H21NO/c1-20-17-10-5-9-16(13-17)18-11-6-12-19(18)14-15-7-3-2-4-8-15/h2-5,7-10,13,18H,6,11-12,14H2,1H3.